The molecule has 1 aromatic rings. The van der Waals surface area contributed by atoms with Crippen molar-refractivity contribution in [2.45, 2.75) is 65.8 Å². The molecule has 0 amide bonds. The second-order valence-corrected chi connectivity index (χ2v) is 7.80. The Labute approximate surface area is 130 Å². The summed E-state index contributed by atoms with van der Waals surface area (Å²) in [4.78, 5) is 4.07. The summed E-state index contributed by atoms with van der Waals surface area (Å²) in [5.74, 6) is 1.85. The fourth-order valence-corrected chi connectivity index (χ4v) is 3.50. The molecule has 1 aromatic heterocycles. The van der Waals surface area contributed by atoms with Crippen molar-refractivity contribution < 1.29 is 0 Å². The quantitative estimate of drug-likeness (QED) is 0.766. The summed E-state index contributed by atoms with van der Waals surface area (Å²) in [6, 6.07) is 0. The van der Waals surface area contributed by atoms with Gasteiger partial charge in [0.15, 0.2) is 0 Å². The molecule has 3 heteroatoms. The Morgan fingerprint density at radius 2 is 1.90 bits per heavy atom. The lowest BCUT2D eigenvalue weighted by molar-refractivity contribution is 0.149. The summed E-state index contributed by atoms with van der Waals surface area (Å²) in [6.07, 6.45) is 14.0. The number of hydrogen-bond acceptors (Lipinski definition) is 2. The van der Waals surface area contributed by atoms with Crippen LogP contribution in [0.3, 0.4) is 0 Å². The third-order valence-electron chi connectivity index (χ3n) is 5.08. The van der Waals surface area contributed by atoms with Gasteiger partial charge in [-0.3, -0.25) is 0 Å². The van der Waals surface area contributed by atoms with Gasteiger partial charge in [-0.25, -0.2) is 4.98 Å². The molecule has 0 bridgehead atoms. The van der Waals surface area contributed by atoms with Crippen LogP contribution < -0.4 is 5.32 Å². The molecule has 1 N–H and O–H groups in total. The van der Waals surface area contributed by atoms with Crippen molar-refractivity contribution in [1.82, 2.24) is 14.9 Å². The van der Waals surface area contributed by atoms with Gasteiger partial charge in [-0.15, -0.1) is 0 Å². The molecule has 1 aliphatic rings. The SMILES string of the molecule is CC(C)(C)C1CCC(CNCCCCn2ccnc2)CC1. The minimum Gasteiger partial charge on any atom is -0.337 e. The first-order chi connectivity index (χ1) is 10.1. The number of rotatable bonds is 7. The van der Waals surface area contributed by atoms with Crippen LogP contribution in [0.15, 0.2) is 18.7 Å². The van der Waals surface area contributed by atoms with E-state index in [2.05, 4.69) is 35.6 Å². The van der Waals surface area contributed by atoms with Crippen LogP contribution in [0.2, 0.25) is 0 Å². The number of unbranched alkanes of at least 4 members (excludes halogenated alkanes) is 1. The van der Waals surface area contributed by atoms with Crippen LogP contribution in [0.5, 0.6) is 0 Å². The highest BCUT2D eigenvalue weighted by Gasteiger charge is 2.29. The predicted molar refractivity (Wildman–Crippen MR) is 89.2 cm³/mol. The minimum absolute atomic E-state index is 0.506. The summed E-state index contributed by atoms with van der Waals surface area (Å²) in [6.45, 7) is 10.7. The zero-order valence-electron chi connectivity index (χ0n) is 14.1. The molecule has 0 radical (unpaired) electrons. The van der Waals surface area contributed by atoms with Crippen LogP contribution >= 0.6 is 0 Å². The van der Waals surface area contributed by atoms with Crippen molar-refractivity contribution in [2.75, 3.05) is 13.1 Å². The molecular formula is C18H33N3. The number of aryl methyl sites for hydroxylation is 1. The number of imidazole rings is 1. The summed E-state index contributed by atoms with van der Waals surface area (Å²) < 4.78 is 2.16. The maximum atomic E-state index is 4.07. The van der Waals surface area contributed by atoms with E-state index in [0.29, 0.717) is 5.41 Å². The van der Waals surface area contributed by atoms with Crippen molar-refractivity contribution in [3.8, 4) is 0 Å². The normalized spacial score (nSPS) is 23.4. The van der Waals surface area contributed by atoms with E-state index in [0.717, 1.165) is 24.9 Å². The van der Waals surface area contributed by atoms with Crippen molar-refractivity contribution >= 4 is 0 Å². The fraction of sp³-hybridized carbons (Fsp3) is 0.833. The summed E-state index contributed by atoms with van der Waals surface area (Å²) in [7, 11) is 0. The first kappa shape index (κ1) is 16.5. The Morgan fingerprint density at radius 3 is 2.52 bits per heavy atom. The van der Waals surface area contributed by atoms with E-state index in [9.17, 15) is 0 Å². The molecule has 1 fully saturated rings. The lowest BCUT2D eigenvalue weighted by atomic mass is 9.70. The van der Waals surface area contributed by atoms with E-state index >= 15 is 0 Å². The van der Waals surface area contributed by atoms with E-state index in [1.165, 1.54) is 45.1 Å². The summed E-state index contributed by atoms with van der Waals surface area (Å²) >= 11 is 0. The average Bonchev–Trinajstić information content (AvgIpc) is 2.95. The van der Waals surface area contributed by atoms with E-state index in [4.69, 9.17) is 0 Å². The Bertz CT molecular complexity index is 370. The van der Waals surface area contributed by atoms with Crippen LogP contribution in [0.25, 0.3) is 0 Å². The van der Waals surface area contributed by atoms with Crippen molar-refractivity contribution in [2.24, 2.45) is 17.3 Å². The van der Waals surface area contributed by atoms with Gasteiger partial charge in [-0.2, -0.15) is 0 Å². The van der Waals surface area contributed by atoms with E-state index < -0.39 is 0 Å². The molecule has 1 saturated carbocycles. The van der Waals surface area contributed by atoms with Crippen LogP contribution in [0.4, 0.5) is 0 Å². The number of hydrogen-bond donors (Lipinski definition) is 1. The molecule has 0 aromatic carbocycles. The third-order valence-corrected chi connectivity index (χ3v) is 5.08. The lowest BCUT2D eigenvalue weighted by Crippen LogP contribution is -2.31. The minimum atomic E-state index is 0.506. The van der Waals surface area contributed by atoms with Gasteiger partial charge < -0.3 is 9.88 Å². The second kappa shape index (κ2) is 7.98. The average molecular weight is 291 g/mol. The highest BCUT2D eigenvalue weighted by atomic mass is 15.0. The standard InChI is InChI=1S/C18H33N3/c1-18(2,3)17-8-6-16(7-9-17)14-19-10-4-5-12-21-13-11-20-15-21/h11,13,15-17,19H,4-10,12,14H2,1-3H3. The van der Waals surface area contributed by atoms with Gasteiger partial charge >= 0.3 is 0 Å². The molecule has 21 heavy (non-hydrogen) atoms. The van der Waals surface area contributed by atoms with Gasteiger partial charge in [0, 0.05) is 18.9 Å². The maximum absolute atomic E-state index is 4.07. The molecular weight excluding hydrogens is 258 g/mol. The zero-order chi connectivity index (χ0) is 15.1. The molecule has 0 spiro atoms. The highest BCUT2D eigenvalue weighted by Crippen LogP contribution is 2.39. The van der Waals surface area contributed by atoms with Gasteiger partial charge in [-0.05, 0) is 68.9 Å². The molecule has 3 nitrogen and oxygen atoms in total. The molecule has 2 rings (SSSR count). The predicted octanol–water partition coefficient (Wildman–Crippen LogP) is 4.11. The first-order valence-corrected chi connectivity index (χ1v) is 8.72. The van der Waals surface area contributed by atoms with E-state index in [1.807, 2.05) is 18.7 Å². The van der Waals surface area contributed by atoms with Crippen molar-refractivity contribution in [3.63, 3.8) is 0 Å². The van der Waals surface area contributed by atoms with Crippen LogP contribution in [0, 0.1) is 17.3 Å². The maximum Gasteiger partial charge on any atom is 0.0945 e. The van der Waals surface area contributed by atoms with E-state index in [1.54, 1.807) is 0 Å². The Balaban J connectivity index is 1.48. The fourth-order valence-electron chi connectivity index (χ4n) is 3.50. The Hall–Kier alpha value is -0.830. The summed E-state index contributed by atoms with van der Waals surface area (Å²) in [5, 5.41) is 3.66. The summed E-state index contributed by atoms with van der Waals surface area (Å²) in [5.41, 5.74) is 0.506. The van der Waals surface area contributed by atoms with Gasteiger partial charge in [0.1, 0.15) is 0 Å². The first-order valence-electron chi connectivity index (χ1n) is 8.72. The molecule has 1 aliphatic carbocycles. The Kier molecular flexibility index (Phi) is 6.28. The van der Waals surface area contributed by atoms with Crippen LogP contribution in [0.1, 0.15) is 59.3 Å². The van der Waals surface area contributed by atoms with Gasteiger partial charge in [0.05, 0.1) is 6.33 Å². The topological polar surface area (TPSA) is 29.9 Å². The number of aromatic nitrogens is 2. The number of nitrogens with zero attached hydrogens (tertiary/aromatic N) is 2. The van der Waals surface area contributed by atoms with Gasteiger partial charge in [-0.1, -0.05) is 20.8 Å². The third kappa shape index (κ3) is 5.82. The van der Waals surface area contributed by atoms with Crippen molar-refractivity contribution in [1.29, 1.82) is 0 Å². The molecule has 120 valence electrons. The van der Waals surface area contributed by atoms with Crippen LogP contribution in [-0.2, 0) is 6.54 Å². The second-order valence-electron chi connectivity index (χ2n) is 7.80. The van der Waals surface area contributed by atoms with Crippen LogP contribution in [-0.4, -0.2) is 22.6 Å². The highest BCUT2D eigenvalue weighted by molar-refractivity contribution is 4.81. The van der Waals surface area contributed by atoms with Gasteiger partial charge in [0.2, 0.25) is 0 Å². The molecule has 1 heterocycles. The van der Waals surface area contributed by atoms with Gasteiger partial charge in [0.25, 0.3) is 0 Å². The molecule has 0 unspecified atom stereocenters. The monoisotopic (exact) mass is 291 g/mol. The van der Waals surface area contributed by atoms with E-state index in [-0.39, 0.29) is 0 Å². The molecule has 0 atom stereocenters. The van der Waals surface area contributed by atoms with Crippen molar-refractivity contribution in [3.05, 3.63) is 18.7 Å². The number of nitrogens with one attached hydrogen (secondary N) is 1. The smallest absolute Gasteiger partial charge is 0.0945 e. The molecule has 0 aliphatic heterocycles. The molecule has 0 saturated heterocycles. The zero-order valence-corrected chi connectivity index (χ0v) is 14.1. The Morgan fingerprint density at radius 1 is 1.14 bits per heavy atom. The largest absolute Gasteiger partial charge is 0.337 e. The lowest BCUT2D eigenvalue weighted by Gasteiger charge is -2.37.